The molecule has 1 amide bonds. The first-order valence-corrected chi connectivity index (χ1v) is 9.51. The van der Waals surface area contributed by atoms with E-state index < -0.39 is 0 Å². The quantitative estimate of drug-likeness (QED) is 0.445. The average molecular weight is 362 g/mol. The molecule has 1 aliphatic rings. The Morgan fingerprint density at radius 3 is 2.65 bits per heavy atom. The Morgan fingerprint density at radius 2 is 1.96 bits per heavy atom. The van der Waals surface area contributed by atoms with Crippen molar-refractivity contribution in [3.63, 3.8) is 0 Å². The monoisotopic (exact) mass is 362 g/mol. The predicted octanol–water partition coefficient (Wildman–Crippen LogP) is 2.92. The number of nitrogens with one attached hydrogen (secondary N) is 2. The highest BCUT2D eigenvalue weighted by Crippen LogP contribution is 2.25. The van der Waals surface area contributed by atoms with E-state index in [0.29, 0.717) is 32.0 Å². The molecule has 0 bridgehead atoms. The molecule has 1 aromatic rings. The molecule has 0 aromatic heterocycles. The van der Waals surface area contributed by atoms with Crippen LogP contribution >= 0.6 is 0 Å². The molecule has 0 aliphatic heterocycles. The Hall–Kier alpha value is -2.11. The zero-order valence-corrected chi connectivity index (χ0v) is 15.9. The first kappa shape index (κ1) is 20.2. The standard InChI is InChI=1S/C20H31FN4O/c1-22-20(25(2)15-17-9-6-10-18(21)13-17)24-12-11-23-19(26)14-16-7-4-3-5-8-16/h6,9-10,13,16H,3-5,7-8,11-12,14-15H2,1-2H3,(H,22,24)(H,23,26). The lowest BCUT2D eigenvalue weighted by Crippen LogP contribution is -2.42. The number of nitrogens with zero attached hydrogens (tertiary/aromatic N) is 2. The molecule has 0 spiro atoms. The second-order valence-corrected chi connectivity index (χ2v) is 7.02. The van der Waals surface area contributed by atoms with E-state index in [1.54, 1.807) is 13.1 Å². The van der Waals surface area contributed by atoms with Crippen molar-refractivity contribution in [2.75, 3.05) is 27.2 Å². The summed E-state index contributed by atoms with van der Waals surface area (Å²) in [5.74, 6) is 1.18. The zero-order valence-electron chi connectivity index (χ0n) is 15.9. The molecule has 0 atom stereocenters. The summed E-state index contributed by atoms with van der Waals surface area (Å²) in [7, 11) is 3.62. The molecule has 144 valence electrons. The molecule has 6 heteroatoms. The smallest absolute Gasteiger partial charge is 0.220 e. The van der Waals surface area contributed by atoms with Crippen molar-refractivity contribution in [1.82, 2.24) is 15.5 Å². The molecule has 2 rings (SSSR count). The molecule has 1 aliphatic carbocycles. The van der Waals surface area contributed by atoms with E-state index in [4.69, 9.17) is 0 Å². The van der Waals surface area contributed by atoms with Crippen molar-refractivity contribution < 1.29 is 9.18 Å². The third-order valence-corrected chi connectivity index (χ3v) is 4.81. The largest absolute Gasteiger partial charge is 0.354 e. The topological polar surface area (TPSA) is 56.7 Å². The summed E-state index contributed by atoms with van der Waals surface area (Å²) in [6.45, 7) is 1.74. The number of amides is 1. The fourth-order valence-corrected chi connectivity index (χ4v) is 3.47. The highest BCUT2D eigenvalue weighted by molar-refractivity contribution is 5.80. The van der Waals surface area contributed by atoms with E-state index in [2.05, 4.69) is 15.6 Å². The minimum absolute atomic E-state index is 0.141. The van der Waals surface area contributed by atoms with Gasteiger partial charge in [0, 0.05) is 40.2 Å². The molecule has 0 saturated heterocycles. The van der Waals surface area contributed by atoms with Crippen molar-refractivity contribution >= 4 is 11.9 Å². The zero-order chi connectivity index (χ0) is 18.8. The lowest BCUT2D eigenvalue weighted by atomic mass is 9.87. The van der Waals surface area contributed by atoms with Crippen LogP contribution < -0.4 is 10.6 Å². The number of halogens is 1. The Balaban J connectivity index is 1.67. The van der Waals surface area contributed by atoms with Gasteiger partial charge >= 0.3 is 0 Å². The van der Waals surface area contributed by atoms with Crippen LogP contribution in [0.5, 0.6) is 0 Å². The Morgan fingerprint density at radius 1 is 1.23 bits per heavy atom. The van der Waals surface area contributed by atoms with Crippen LogP contribution in [0.25, 0.3) is 0 Å². The predicted molar refractivity (Wildman–Crippen MR) is 103 cm³/mol. The molecule has 0 unspecified atom stereocenters. The first-order valence-electron chi connectivity index (χ1n) is 9.51. The summed E-state index contributed by atoms with van der Waals surface area (Å²) in [6.07, 6.45) is 6.84. The summed E-state index contributed by atoms with van der Waals surface area (Å²) < 4.78 is 13.3. The molecule has 0 radical (unpaired) electrons. The fourth-order valence-electron chi connectivity index (χ4n) is 3.47. The number of benzene rings is 1. The normalized spacial score (nSPS) is 15.6. The lowest BCUT2D eigenvalue weighted by molar-refractivity contribution is -0.122. The number of aliphatic imine (C=N–C) groups is 1. The van der Waals surface area contributed by atoms with Gasteiger partial charge in [-0.15, -0.1) is 0 Å². The Bertz CT molecular complexity index is 599. The molecule has 1 saturated carbocycles. The van der Waals surface area contributed by atoms with Crippen LogP contribution in [0.3, 0.4) is 0 Å². The van der Waals surface area contributed by atoms with Gasteiger partial charge in [0.25, 0.3) is 0 Å². The number of carbonyl (C=O) groups is 1. The summed E-state index contributed by atoms with van der Waals surface area (Å²) in [5.41, 5.74) is 0.885. The van der Waals surface area contributed by atoms with Gasteiger partial charge in [-0.25, -0.2) is 4.39 Å². The van der Waals surface area contributed by atoms with Gasteiger partial charge in [-0.2, -0.15) is 0 Å². The fraction of sp³-hybridized carbons (Fsp3) is 0.600. The Labute approximate surface area is 156 Å². The third-order valence-electron chi connectivity index (χ3n) is 4.81. The molecule has 2 N–H and O–H groups in total. The number of guanidine groups is 1. The van der Waals surface area contributed by atoms with Crippen LogP contribution in [0.2, 0.25) is 0 Å². The minimum Gasteiger partial charge on any atom is -0.354 e. The second kappa shape index (κ2) is 10.8. The number of hydrogen-bond donors (Lipinski definition) is 2. The van der Waals surface area contributed by atoms with Gasteiger partial charge in [-0.05, 0) is 36.5 Å². The van der Waals surface area contributed by atoms with E-state index in [1.807, 2.05) is 18.0 Å². The van der Waals surface area contributed by atoms with Crippen molar-refractivity contribution in [2.45, 2.75) is 45.1 Å². The van der Waals surface area contributed by atoms with Crippen molar-refractivity contribution in [3.8, 4) is 0 Å². The summed E-state index contributed by atoms with van der Waals surface area (Å²) in [5, 5.41) is 6.21. The SMILES string of the molecule is CN=C(NCCNC(=O)CC1CCCCC1)N(C)Cc1cccc(F)c1. The molecular formula is C20H31FN4O. The van der Waals surface area contributed by atoms with Gasteiger partial charge in [0.2, 0.25) is 5.91 Å². The molecular weight excluding hydrogens is 331 g/mol. The molecule has 26 heavy (non-hydrogen) atoms. The van der Waals surface area contributed by atoms with Crippen LogP contribution in [0.1, 0.15) is 44.1 Å². The third kappa shape index (κ3) is 7.02. The summed E-state index contributed by atoms with van der Waals surface area (Å²) in [4.78, 5) is 18.2. The maximum absolute atomic E-state index is 13.3. The maximum atomic E-state index is 13.3. The lowest BCUT2D eigenvalue weighted by Gasteiger charge is -2.23. The van der Waals surface area contributed by atoms with Crippen LogP contribution in [-0.4, -0.2) is 44.0 Å². The van der Waals surface area contributed by atoms with Gasteiger partial charge in [-0.1, -0.05) is 31.4 Å². The highest BCUT2D eigenvalue weighted by Gasteiger charge is 2.16. The molecule has 1 aromatic carbocycles. The van der Waals surface area contributed by atoms with Crippen molar-refractivity contribution in [1.29, 1.82) is 0 Å². The van der Waals surface area contributed by atoms with Gasteiger partial charge in [0.05, 0.1) is 0 Å². The average Bonchev–Trinajstić information content (AvgIpc) is 2.62. The van der Waals surface area contributed by atoms with Crippen LogP contribution in [0.15, 0.2) is 29.3 Å². The van der Waals surface area contributed by atoms with Gasteiger partial charge in [0.15, 0.2) is 5.96 Å². The minimum atomic E-state index is -0.237. The Kier molecular flexibility index (Phi) is 8.38. The second-order valence-electron chi connectivity index (χ2n) is 7.02. The highest BCUT2D eigenvalue weighted by atomic mass is 19.1. The van der Waals surface area contributed by atoms with Gasteiger partial charge < -0.3 is 15.5 Å². The number of carbonyl (C=O) groups excluding carboxylic acids is 1. The van der Waals surface area contributed by atoms with Crippen molar-refractivity contribution in [2.24, 2.45) is 10.9 Å². The van der Waals surface area contributed by atoms with E-state index in [-0.39, 0.29) is 11.7 Å². The van der Waals surface area contributed by atoms with Crippen LogP contribution in [0, 0.1) is 11.7 Å². The van der Waals surface area contributed by atoms with Gasteiger partial charge in [0.1, 0.15) is 5.82 Å². The number of rotatable bonds is 7. The summed E-state index contributed by atoms with van der Waals surface area (Å²) in [6, 6.07) is 6.55. The first-order chi connectivity index (χ1) is 12.6. The molecule has 1 fully saturated rings. The van der Waals surface area contributed by atoms with Crippen molar-refractivity contribution in [3.05, 3.63) is 35.6 Å². The van der Waals surface area contributed by atoms with E-state index in [0.717, 1.165) is 11.5 Å². The number of hydrogen-bond acceptors (Lipinski definition) is 2. The van der Waals surface area contributed by atoms with Crippen LogP contribution in [-0.2, 0) is 11.3 Å². The van der Waals surface area contributed by atoms with Crippen LogP contribution in [0.4, 0.5) is 4.39 Å². The van der Waals surface area contributed by atoms with E-state index >= 15 is 0 Å². The van der Waals surface area contributed by atoms with E-state index in [9.17, 15) is 9.18 Å². The van der Waals surface area contributed by atoms with Gasteiger partial charge in [-0.3, -0.25) is 9.79 Å². The maximum Gasteiger partial charge on any atom is 0.220 e. The molecule has 5 nitrogen and oxygen atoms in total. The summed E-state index contributed by atoms with van der Waals surface area (Å²) >= 11 is 0. The molecule has 0 heterocycles. The van der Waals surface area contributed by atoms with E-state index in [1.165, 1.54) is 44.2 Å².